The summed E-state index contributed by atoms with van der Waals surface area (Å²) in [5.41, 5.74) is 1.07. The molecule has 1 fully saturated rings. The molecule has 3 nitrogen and oxygen atoms in total. The Bertz CT molecular complexity index is 706. The minimum atomic E-state index is -3.44. The zero-order valence-electron chi connectivity index (χ0n) is 12.7. The minimum Gasteiger partial charge on any atom is -0.207 e. The quantitative estimate of drug-likeness (QED) is 0.835. The van der Waals surface area contributed by atoms with Crippen LogP contribution in [-0.4, -0.2) is 19.3 Å². The first kappa shape index (κ1) is 15.7. The predicted octanol–water partition coefficient (Wildman–Crippen LogP) is 4.36. The molecule has 1 saturated heterocycles. The second kappa shape index (κ2) is 6.52. The Balaban J connectivity index is 1.99. The number of nitrogens with zero attached hydrogens (tertiary/aromatic N) is 1. The molecular weight excluding hydrogens is 314 g/mol. The fourth-order valence-electron chi connectivity index (χ4n) is 2.98. The van der Waals surface area contributed by atoms with Gasteiger partial charge in [-0.1, -0.05) is 36.6 Å². The number of hydrogen-bond acceptors (Lipinski definition) is 3. The summed E-state index contributed by atoms with van der Waals surface area (Å²) in [5.74, 6) is 0. The van der Waals surface area contributed by atoms with Crippen molar-refractivity contribution in [2.45, 2.75) is 43.5 Å². The highest BCUT2D eigenvalue weighted by molar-refractivity contribution is 7.89. The van der Waals surface area contributed by atoms with E-state index >= 15 is 0 Å². The summed E-state index contributed by atoms with van der Waals surface area (Å²) in [6.07, 6.45) is 4.03. The van der Waals surface area contributed by atoms with Crippen molar-refractivity contribution in [3.63, 3.8) is 0 Å². The van der Waals surface area contributed by atoms with Gasteiger partial charge >= 0.3 is 0 Å². The Hall–Kier alpha value is -1.17. The fraction of sp³-hybridized carbons (Fsp3) is 0.412. The van der Waals surface area contributed by atoms with Gasteiger partial charge in [0.15, 0.2) is 0 Å². The SMILES string of the molecule is Cc1ccc(S(=O)(=O)N2CCCCCC2c2cccs2)cc1. The number of thiophene rings is 1. The number of aryl methyl sites for hydroxylation is 1. The highest BCUT2D eigenvalue weighted by Crippen LogP contribution is 2.36. The molecule has 1 unspecified atom stereocenters. The molecule has 0 N–H and O–H groups in total. The Kier molecular flexibility index (Phi) is 4.66. The van der Waals surface area contributed by atoms with E-state index in [-0.39, 0.29) is 6.04 Å². The van der Waals surface area contributed by atoms with E-state index in [1.807, 2.05) is 30.5 Å². The van der Waals surface area contributed by atoms with Gasteiger partial charge in [-0.3, -0.25) is 0 Å². The molecule has 0 saturated carbocycles. The molecular formula is C17H21NO2S2. The highest BCUT2D eigenvalue weighted by Gasteiger charge is 2.33. The van der Waals surface area contributed by atoms with Crippen molar-refractivity contribution in [2.24, 2.45) is 0 Å². The van der Waals surface area contributed by atoms with Crippen LogP contribution in [0.2, 0.25) is 0 Å². The molecule has 0 radical (unpaired) electrons. The Labute approximate surface area is 136 Å². The summed E-state index contributed by atoms with van der Waals surface area (Å²) in [5, 5.41) is 2.02. The lowest BCUT2D eigenvalue weighted by atomic mass is 10.1. The monoisotopic (exact) mass is 335 g/mol. The third-order valence-corrected chi connectivity index (χ3v) is 7.10. The maximum Gasteiger partial charge on any atom is 0.243 e. The lowest BCUT2D eigenvalue weighted by molar-refractivity contribution is 0.333. The molecule has 0 spiro atoms. The second-order valence-corrected chi connectivity index (χ2v) is 8.68. The molecule has 1 aromatic heterocycles. The molecule has 0 amide bonds. The van der Waals surface area contributed by atoms with Gasteiger partial charge in [0.25, 0.3) is 0 Å². The highest BCUT2D eigenvalue weighted by atomic mass is 32.2. The van der Waals surface area contributed by atoms with Crippen molar-refractivity contribution < 1.29 is 8.42 Å². The number of hydrogen-bond donors (Lipinski definition) is 0. The van der Waals surface area contributed by atoms with Crippen LogP contribution >= 0.6 is 11.3 Å². The average Bonchev–Trinajstić information content (AvgIpc) is 2.91. The second-order valence-electron chi connectivity index (χ2n) is 5.81. The van der Waals surface area contributed by atoms with Gasteiger partial charge < -0.3 is 0 Å². The normalized spacial score (nSPS) is 20.7. The van der Waals surface area contributed by atoms with Gasteiger partial charge in [0, 0.05) is 11.4 Å². The van der Waals surface area contributed by atoms with Crippen molar-refractivity contribution >= 4 is 21.4 Å². The molecule has 118 valence electrons. The minimum absolute atomic E-state index is 0.0196. The van der Waals surface area contributed by atoms with Gasteiger partial charge in [-0.15, -0.1) is 11.3 Å². The molecule has 5 heteroatoms. The largest absolute Gasteiger partial charge is 0.243 e. The number of rotatable bonds is 3. The predicted molar refractivity (Wildman–Crippen MR) is 90.6 cm³/mol. The summed E-state index contributed by atoms with van der Waals surface area (Å²) in [6, 6.07) is 11.2. The molecule has 1 atom stereocenters. The van der Waals surface area contributed by atoms with Gasteiger partial charge in [-0.25, -0.2) is 8.42 Å². The van der Waals surface area contributed by atoms with E-state index in [4.69, 9.17) is 0 Å². The first-order valence-corrected chi connectivity index (χ1v) is 10.0. The van der Waals surface area contributed by atoms with Crippen molar-refractivity contribution in [2.75, 3.05) is 6.54 Å². The maximum absolute atomic E-state index is 13.1. The number of benzene rings is 1. The Morgan fingerprint density at radius 1 is 1.09 bits per heavy atom. The molecule has 0 bridgehead atoms. The van der Waals surface area contributed by atoms with E-state index in [2.05, 4.69) is 6.07 Å². The van der Waals surface area contributed by atoms with Crippen molar-refractivity contribution in [3.05, 3.63) is 52.2 Å². The molecule has 3 rings (SSSR count). The van der Waals surface area contributed by atoms with Crippen LogP contribution in [0.15, 0.2) is 46.7 Å². The first-order chi connectivity index (χ1) is 10.6. The Morgan fingerprint density at radius 3 is 2.55 bits per heavy atom. The summed E-state index contributed by atoms with van der Waals surface area (Å²) in [7, 11) is -3.44. The molecule has 0 aliphatic carbocycles. The van der Waals surface area contributed by atoms with Crippen LogP contribution in [0.3, 0.4) is 0 Å². The van der Waals surface area contributed by atoms with Gasteiger partial charge in [0.2, 0.25) is 10.0 Å². The van der Waals surface area contributed by atoms with Crippen LogP contribution in [-0.2, 0) is 10.0 Å². The standard InChI is InChI=1S/C17H21NO2S2/c1-14-8-10-15(11-9-14)22(19,20)18-12-4-2-3-6-16(18)17-7-5-13-21-17/h5,7-11,13,16H,2-4,6,12H2,1H3. The summed E-state index contributed by atoms with van der Waals surface area (Å²) in [6.45, 7) is 2.58. The van der Waals surface area contributed by atoms with E-state index in [1.54, 1.807) is 27.8 Å². The topological polar surface area (TPSA) is 37.4 Å². The van der Waals surface area contributed by atoms with Crippen LogP contribution < -0.4 is 0 Å². The summed E-state index contributed by atoms with van der Waals surface area (Å²) in [4.78, 5) is 1.55. The molecule has 1 aromatic carbocycles. The van der Waals surface area contributed by atoms with E-state index < -0.39 is 10.0 Å². The van der Waals surface area contributed by atoms with Crippen molar-refractivity contribution in [3.8, 4) is 0 Å². The van der Waals surface area contributed by atoms with Gasteiger partial charge in [-0.2, -0.15) is 4.31 Å². The van der Waals surface area contributed by atoms with Crippen molar-refractivity contribution in [1.82, 2.24) is 4.31 Å². The third kappa shape index (κ3) is 3.12. The molecule has 2 aromatic rings. The fourth-order valence-corrected chi connectivity index (χ4v) is 5.59. The van der Waals surface area contributed by atoms with Gasteiger partial charge in [0.1, 0.15) is 0 Å². The lowest BCUT2D eigenvalue weighted by Crippen LogP contribution is -2.34. The lowest BCUT2D eigenvalue weighted by Gasteiger charge is -2.28. The zero-order chi connectivity index (χ0) is 15.6. The smallest absolute Gasteiger partial charge is 0.207 e. The van der Waals surface area contributed by atoms with Crippen LogP contribution in [0.25, 0.3) is 0 Å². The zero-order valence-corrected chi connectivity index (χ0v) is 14.4. The van der Waals surface area contributed by atoms with E-state index in [9.17, 15) is 8.42 Å². The molecule has 1 aliphatic heterocycles. The van der Waals surface area contributed by atoms with Crippen molar-refractivity contribution in [1.29, 1.82) is 0 Å². The first-order valence-electron chi connectivity index (χ1n) is 7.71. The molecule has 1 aliphatic rings. The number of sulfonamides is 1. The van der Waals surface area contributed by atoms with Crippen LogP contribution in [0.4, 0.5) is 0 Å². The van der Waals surface area contributed by atoms with Gasteiger partial charge in [-0.05, 0) is 43.3 Å². The summed E-state index contributed by atoms with van der Waals surface area (Å²) < 4.78 is 27.9. The maximum atomic E-state index is 13.1. The van der Waals surface area contributed by atoms with Crippen LogP contribution in [0.1, 0.15) is 42.2 Å². The van der Waals surface area contributed by atoms with Crippen LogP contribution in [0.5, 0.6) is 0 Å². The van der Waals surface area contributed by atoms with E-state index in [1.165, 1.54) is 0 Å². The summed E-state index contributed by atoms with van der Waals surface area (Å²) >= 11 is 1.65. The van der Waals surface area contributed by atoms with Gasteiger partial charge in [0.05, 0.1) is 10.9 Å². The molecule has 22 heavy (non-hydrogen) atoms. The van der Waals surface area contributed by atoms with Crippen LogP contribution in [0, 0.1) is 6.92 Å². The average molecular weight is 335 g/mol. The third-order valence-electron chi connectivity index (χ3n) is 4.20. The van der Waals surface area contributed by atoms with E-state index in [0.29, 0.717) is 11.4 Å². The molecule has 2 heterocycles. The van der Waals surface area contributed by atoms with E-state index in [0.717, 1.165) is 36.1 Å². The Morgan fingerprint density at radius 2 is 1.86 bits per heavy atom.